The summed E-state index contributed by atoms with van der Waals surface area (Å²) in [6, 6.07) is 0. The molecule has 0 fully saturated rings. The van der Waals surface area contributed by atoms with Gasteiger partial charge in [-0.2, -0.15) is 17.0 Å². The Bertz CT molecular complexity index is 642. The van der Waals surface area contributed by atoms with Crippen molar-refractivity contribution in [1.29, 1.82) is 5.26 Å². The summed E-state index contributed by atoms with van der Waals surface area (Å²) in [6.07, 6.45) is 3.52. The number of nitriles is 1. The SMILES string of the molecule is CN=C(NC#N)NCCSCc1ncn(COC(=O)C(C)(C)C)c1C. The first-order chi connectivity index (χ1) is 11.8. The van der Waals surface area contributed by atoms with E-state index >= 15 is 0 Å². The zero-order valence-electron chi connectivity index (χ0n) is 15.4. The molecule has 0 saturated heterocycles. The highest BCUT2D eigenvalue weighted by atomic mass is 32.2. The first kappa shape index (κ1) is 20.8. The summed E-state index contributed by atoms with van der Waals surface area (Å²) >= 11 is 1.72. The van der Waals surface area contributed by atoms with E-state index in [1.54, 1.807) is 25.1 Å². The van der Waals surface area contributed by atoms with Crippen molar-refractivity contribution in [1.82, 2.24) is 20.2 Å². The number of guanidine groups is 1. The molecule has 0 aliphatic rings. The van der Waals surface area contributed by atoms with Gasteiger partial charge in [-0.15, -0.1) is 0 Å². The number of carbonyl (C=O) groups excluding carboxylic acids is 1. The van der Waals surface area contributed by atoms with Crippen LogP contribution in [0.15, 0.2) is 11.3 Å². The van der Waals surface area contributed by atoms with Crippen LogP contribution in [0.1, 0.15) is 32.2 Å². The number of hydrogen-bond donors (Lipinski definition) is 2. The Hall–Kier alpha value is -2.21. The highest BCUT2D eigenvalue weighted by molar-refractivity contribution is 7.98. The lowest BCUT2D eigenvalue weighted by Crippen LogP contribution is -2.35. The highest BCUT2D eigenvalue weighted by Crippen LogP contribution is 2.17. The van der Waals surface area contributed by atoms with E-state index in [0.29, 0.717) is 12.5 Å². The normalized spacial score (nSPS) is 11.8. The predicted octanol–water partition coefficient (Wildman–Crippen LogP) is 1.62. The van der Waals surface area contributed by atoms with E-state index in [-0.39, 0.29) is 12.7 Å². The Morgan fingerprint density at radius 2 is 2.24 bits per heavy atom. The fraction of sp³-hybridized carbons (Fsp3) is 0.625. The molecule has 0 radical (unpaired) electrons. The summed E-state index contributed by atoms with van der Waals surface area (Å²) in [5.74, 6) is 1.83. The Kier molecular flexibility index (Phi) is 8.28. The lowest BCUT2D eigenvalue weighted by Gasteiger charge is -2.17. The number of thioether (sulfide) groups is 1. The van der Waals surface area contributed by atoms with Gasteiger partial charge in [0.15, 0.2) is 12.9 Å². The minimum absolute atomic E-state index is 0.178. The van der Waals surface area contributed by atoms with E-state index < -0.39 is 5.41 Å². The van der Waals surface area contributed by atoms with Crippen molar-refractivity contribution >= 4 is 23.7 Å². The highest BCUT2D eigenvalue weighted by Gasteiger charge is 2.23. The average molecular weight is 366 g/mol. The molecule has 25 heavy (non-hydrogen) atoms. The number of imidazole rings is 1. The number of aromatic nitrogens is 2. The molecule has 1 aromatic heterocycles. The largest absolute Gasteiger partial charge is 0.443 e. The van der Waals surface area contributed by atoms with Crippen LogP contribution in [0.5, 0.6) is 0 Å². The molecule has 138 valence electrons. The number of nitrogens with zero attached hydrogens (tertiary/aromatic N) is 4. The van der Waals surface area contributed by atoms with Gasteiger partial charge in [0.2, 0.25) is 5.96 Å². The van der Waals surface area contributed by atoms with Crippen LogP contribution in [0.3, 0.4) is 0 Å². The number of carbonyl (C=O) groups is 1. The van der Waals surface area contributed by atoms with E-state index in [2.05, 4.69) is 20.6 Å². The maximum absolute atomic E-state index is 11.8. The van der Waals surface area contributed by atoms with Gasteiger partial charge in [-0.25, -0.2) is 4.98 Å². The Morgan fingerprint density at radius 1 is 1.52 bits per heavy atom. The van der Waals surface area contributed by atoms with Crippen molar-refractivity contribution < 1.29 is 9.53 Å². The van der Waals surface area contributed by atoms with Gasteiger partial charge >= 0.3 is 5.97 Å². The van der Waals surface area contributed by atoms with E-state index in [9.17, 15) is 4.79 Å². The molecule has 9 heteroatoms. The quantitative estimate of drug-likeness (QED) is 0.189. The maximum Gasteiger partial charge on any atom is 0.312 e. The molecule has 1 rings (SSSR count). The molecule has 1 heterocycles. The molecule has 2 N–H and O–H groups in total. The number of esters is 1. The van der Waals surface area contributed by atoms with Crippen LogP contribution in [-0.2, 0) is 22.0 Å². The first-order valence-electron chi connectivity index (χ1n) is 7.91. The van der Waals surface area contributed by atoms with E-state index in [4.69, 9.17) is 10.00 Å². The second kappa shape index (κ2) is 9.93. The Morgan fingerprint density at radius 3 is 2.84 bits per heavy atom. The number of hydrogen-bond acceptors (Lipinski definition) is 6. The van der Waals surface area contributed by atoms with Crippen molar-refractivity contribution in [3.63, 3.8) is 0 Å². The molecule has 0 spiro atoms. The summed E-state index contributed by atoms with van der Waals surface area (Å²) < 4.78 is 7.14. The molecule has 0 bridgehead atoms. The monoisotopic (exact) mass is 366 g/mol. The van der Waals surface area contributed by atoms with Crippen molar-refractivity contribution in [3.8, 4) is 6.19 Å². The fourth-order valence-electron chi connectivity index (χ4n) is 1.74. The number of rotatable bonds is 7. The summed E-state index contributed by atoms with van der Waals surface area (Å²) in [5.41, 5.74) is 1.45. The molecule has 8 nitrogen and oxygen atoms in total. The van der Waals surface area contributed by atoms with Gasteiger partial charge in [-0.1, -0.05) is 0 Å². The van der Waals surface area contributed by atoms with Gasteiger partial charge in [-0.3, -0.25) is 15.1 Å². The molecule has 0 amide bonds. The number of aliphatic imine (C=N–C) groups is 1. The first-order valence-corrected chi connectivity index (χ1v) is 9.06. The zero-order valence-corrected chi connectivity index (χ0v) is 16.2. The molecule has 0 atom stereocenters. The molecule has 1 aromatic rings. The zero-order chi connectivity index (χ0) is 18.9. The van der Waals surface area contributed by atoms with Crippen LogP contribution in [0.4, 0.5) is 0 Å². The van der Waals surface area contributed by atoms with Crippen LogP contribution in [0.2, 0.25) is 0 Å². The van der Waals surface area contributed by atoms with Crippen LogP contribution in [-0.4, -0.2) is 40.8 Å². The van der Waals surface area contributed by atoms with Crippen molar-refractivity contribution in [2.45, 2.75) is 40.2 Å². The minimum Gasteiger partial charge on any atom is -0.443 e. The van der Waals surface area contributed by atoms with E-state index in [0.717, 1.165) is 22.9 Å². The number of nitrogens with one attached hydrogen (secondary N) is 2. The third-order valence-corrected chi connectivity index (χ3v) is 4.29. The number of ether oxygens (including phenoxy) is 1. The third-order valence-electron chi connectivity index (χ3n) is 3.32. The smallest absolute Gasteiger partial charge is 0.312 e. The average Bonchev–Trinajstić information content (AvgIpc) is 2.90. The van der Waals surface area contributed by atoms with Gasteiger partial charge in [-0.05, 0) is 27.7 Å². The lowest BCUT2D eigenvalue weighted by atomic mass is 9.98. The fourth-order valence-corrected chi connectivity index (χ4v) is 2.61. The standard InChI is InChI=1S/C16H26N6O2S/c1-12-13(8-25-7-6-19-15(18-5)20-9-17)21-10-22(12)11-24-14(23)16(2,3)4/h10H,6-8,11H2,1-5H3,(H2,18,19,20). The molecular weight excluding hydrogens is 340 g/mol. The molecule has 0 aliphatic carbocycles. The van der Waals surface area contributed by atoms with Gasteiger partial charge < -0.3 is 14.6 Å². The van der Waals surface area contributed by atoms with Gasteiger partial charge in [0.25, 0.3) is 0 Å². The Balaban J connectivity index is 2.38. The molecular formula is C16H26N6O2S. The van der Waals surface area contributed by atoms with Gasteiger partial charge in [0, 0.05) is 30.8 Å². The second-order valence-corrected chi connectivity index (χ2v) is 7.45. The summed E-state index contributed by atoms with van der Waals surface area (Å²) in [4.78, 5) is 20.1. The van der Waals surface area contributed by atoms with Gasteiger partial charge in [0.05, 0.1) is 17.4 Å². The van der Waals surface area contributed by atoms with Crippen LogP contribution in [0.25, 0.3) is 0 Å². The molecule has 0 aromatic carbocycles. The van der Waals surface area contributed by atoms with Crippen molar-refractivity contribution in [3.05, 3.63) is 17.7 Å². The minimum atomic E-state index is -0.513. The van der Waals surface area contributed by atoms with Crippen molar-refractivity contribution in [2.75, 3.05) is 19.3 Å². The Labute approximate surface area is 153 Å². The van der Waals surface area contributed by atoms with Gasteiger partial charge in [0.1, 0.15) is 0 Å². The van der Waals surface area contributed by atoms with Crippen LogP contribution in [0, 0.1) is 23.8 Å². The predicted molar refractivity (Wildman–Crippen MR) is 98.8 cm³/mol. The molecule has 0 aliphatic heterocycles. The van der Waals surface area contributed by atoms with E-state index in [1.165, 1.54) is 0 Å². The van der Waals surface area contributed by atoms with Crippen molar-refractivity contribution in [2.24, 2.45) is 10.4 Å². The summed E-state index contributed by atoms with van der Waals surface area (Å²) in [5, 5.41) is 14.0. The van der Waals surface area contributed by atoms with E-state index in [1.807, 2.05) is 38.5 Å². The van der Waals surface area contributed by atoms with Crippen LogP contribution < -0.4 is 10.6 Å². The van der Waals surface area contributed by atoms with Crippen LogP contribution >= 0.6 is 11.8 Å². The molecule has 0 saturated carbocycles. The molecule has 0 unspecified atom stereocenters. The topological polar surface area (TPSA) is 104 Å². The third kappa shape index (κ3) is 7.05. The second-order valence-electron chi connectivity index (χ2n) is 6.35. The summed E-state index contributed by atoms with van der Waals surface area (Å²) in [7, 11) is 1.61. The lowest BCUT2D eigenvalue weighted by molar-refractivity contribution is -0.157. The maximum atomic E-state index is 11.8. The summed E-state index contributed by atoms with van der Waals surface area (Å²) in [6.45, 7) is 8.31.